The molecule has 8 heteroatoms. The first-order chi connectivity index (χ1) is 20.1. The van der Waals surface area contributed by atoms with Gasteiger partial charge in [-0.15, -0.1) is 0 Å². The summed E-state index contributed by atoms with van der Waals surface area (Å²) in [5, 5.41) is 1.03. The van der Waals surface area contributed by atoms with Gasteiger partial charge < -0.3 is 14.0 Å². The van der Waals surface area contributed by atoms with Crippen molar-refractivity contribution in [3.05, 3.63) is 83.2 Å². The minimum Gasteiger partial charge on any atom is -0.489 e. The molecule has 0 radical (unpaired) electrons. The van der Waals surface area contributed by atoms with Crippen LogP contribution in [0.4, 0.5) is 0 Å². The van der Waals surface area contributed by atoms with E-state index in [1.54, 1.807) is 0 Å². The summed E-state index contributed by atoms with van der Waals surface area (Å²) in [5.74, 6) is 1.57. The van der Waals surface area contributed by atoms with Gasteiger partial charge in [-0.1, -0.05) is 25.1 Å². The summed E-state index contributed by atoms with van der Waals surface area (Å²) >= 11 is 0. The van der Waals surface area contributed by atoms with Crippen LogP contribution in [0, 0.1) is 18.3 Å². The van der Waals surface area contributed by atoms with Gasteiger partial charge in [0.25, 0.3) is 0 Å². The molecule has 0 amide bonds. The van der Waals surface area contributed by atoms with Gasteiger partial charge in [0.15, 0.2) is 0 Å². The van der Waals surface area contributed by atoms with Gasteiger partial charge in [-0.2, -0.15) is 0 Å². The summed E-state index contributed by atoms with van der Waals surface area (Å²) in [6, 6.07) is 16.9. The first kappa shape index (κ1) is 28.5. The van der Waals surface area contributed by atoms with Crippen molar-refractivity contribution >= 4 is 26.8 Å². The lowest BCUT2D eigenvalue weighted by Gasteiger charge is -2.19. The second kappa shape index (κ2) is 10.9. The molecule has 42 heavy (non-hydrogen) atoms. The number of rotatable bonds is 11. The van der Waals surface area contributed by atoms with Gasteiger partial charge in [-0.3, -0.25) is 4.79 Å². The summed E-state index contributed by atoms with van der Waals surface area (Å²) in [4.78, 5) is 17.5. The van der Waals surface area contributed by atoms with Gasteiger partial charge in [0.2, 0.25) is 0 Å². The fourth-order valence-corrected chi connectivity index (χ4v) is 7.66. The van der Waals surface area contributed by atoms with Crippen LogP contribution < -0.4 is 4.74 Å². The highest BCUT2D eigenvalue weighted by atomic mass is 32.2. The van der Waals surface area contributed by atoms with Crippen molar-refractivity contribution in [1.82, 2.24) is 9.55 Å². The molecule has 0 unspecified atom stereocenters. The zero-order valence-corrected chi connectivity index (χ0v) is 25.5. The molecule has 2 aromatic heterocycles. The maximum absolute atomic E-state index is 12.7. The summed E-state index contributed by atoms with van der Waals surface area (Å²) < 4.78 is 36.7. The third-order valence-electron chi connectivity index (χ3n) is 9.17. The Labute approximate surface area is 247 Å². The van der Waals surface area contributed by atoms with Crippen LogP contribution in [0.1, 0.15) is 54.9 Å². The Morgan fingerprint density at radius 1 is 1.12 bits per heavy atom. The highest BCUT2D eigenvalue weighted by molar-refractivity contribution is 7.90. The Hall–Kier alpha value is -3.65. The molecule has 3 atom stereocenters. The van der Waals surface area contributed by atoms with Crippen LogP contribution in [0.5, 0.6) is 5.75 Å². The lowest BCUT2D eigenvalue weighted by atomic mass is 9.89. The van der Waals surface area contributed by atoms with E-state index in [4.69, 9.17) is 14.5 Å². The van der Waals surface area contributed by atoms with Crippen LogP contribution in [0.2, 0.25) is 0 Å². The standard InChI is InChI=1S/C34H38N2O5S/c1-5-34(33(37)40-6-2)30-19-25-18-27(10-11-28(25)31(30)34)41-21-23-9-8-22(3)29(16-23)26-17-24-12-14-36(32(24)35-20-26)13-7-15-42(4,38)39/h8-12,14,16-18,20,30-31H,5-7,13,15,19,21H2,1-4H3/t30-,31-,34+/m1/s1. The van der Waals surface area contributed by atoms with Crippen molar-refractivity contribution in [1.29, 1.82) is 0 Å². The van der Waals surface area contributed by atoms with Crippen molar-refractivity contribution in [3.8, 4) is 16.9 Å². The Morgan fingerprint density at radius 2 is 1.95 bits per heavy atom. The van der Waals surface area contributed by atoms with E-state index in [2.05, 4.69) is 50.2 Å². The van der Waals surface area contributed by atoms with E-state index in [0.29, 0.717) is 32.1 Å². The number of carbonyl (C=O) groups is 1. The molecule has 0 saturated heterocycles. The first-order valence-corrected chi connectivity index (χ1v) is 16.9. The molecule has 2 aliphatic carbocycles. The highest BCUT2D eigenvalue weighted by Gasteiger charge is 2.72. The molecular formula is C34H38N2O5S. The predicted molar refractivity (Wildman–Crippen MR) is 164 cm³/mol. The summed E-state index contributed by atoms with van der Waals surface area (Å²) in [7, 11) is -2.98. The predicted octanol–water partition coefficient (Wildman–Crippen LogP) is 6.25. The van der Waals surface area contributed by atoms with Crippen LogP contribution in [-0.4, -0.2) is 42.6 Å². The number of benzene rings is 2. The van der Waals surface area contributed by atoms with E-state index in [0.717, 1.165) is 51.9 Å². The third kappa shape index (κ3) is 5.10. The van der Waals surface area contributed by atoms with Crippen LogP contribution in [0.3, 0.4) is 0 Å². The molecule has 220 valence electrons. The zero-order valence-electron chi connectivity index (χ0n) is 24.7. The lowest BCUT2D eigenvalue weighted by Crippen LogP contribution is -2.24. The second-order valence-electron chi connectivity index (χ2n) is 11.8. The number of fused-ring (bicyclic) bond motifs is 4. The molecule has 1 saturated carbocycles. The average Bonchev–Trinajstić information content (AvgIpc) is 3.21. The number of esters is 1. The Balaban J connectivity index is 1.14. The SMILES string of the molecule is CCOC(=O)[C@@]1(CC)[C@@H]2Cc3cc(OCc4ccc(C)c(-c5cnc6c(ccn6CCCS(C)(=O)=O)c5)c4)ccc3[C@H]21. The van der Waals surface area contributed by atoms with Crippen molar-refractivity contribution in [2.45, 2.75) is 59.1 Å². The number of aryl methyl sites for hydroxylation is 2. The van der Waals surface area contributed by atoms with Crippen LogP contribution in [-0.2, 0) is 38.9 Å². The number of nitrogens with zero attached hydrogens (tertiary/aromatic N) is 2. The lowest BCUT2D eigenvalue weighted by molar-refractivity contribution is -0.150. The van der Waals surface area contributed by atoms with Gasteiger partial charge in [0, 0.05) is 42.1 Å². The second-order valence-corrected chi connectivity index (χ2v) is 14.1. The molecule has 0 aliphatic heterocycles. The van der Waals surface area contributed by atoms with E-state index >= 15 is 0 Å². The highest BCUT2D eigenvalue weighted by Crippen LogP contribution is 2.72. The summed E-state index contributed by atoms with van der Waals surface area (Å²) in [6.07, 6.45) is 7.40. The number of aromatic nitrogens is 2. The number of ether oxygens (including phenoxy) is 2. The Kier molecular flexibility index (Phi) is 7.37. The van der Waals surface area contributed by atoms with Crippen LogP contribution in [0.25, 0.3) is 22.2 Å². The molecule has 2 heterocycles. The van der Waals surface area contributed by atoms with E-state index in [-0.39, 0.29) is 23.1 Å². The molecule has 1 fully saturated rings. The maximum Gasteiger partial charge on any atom is 0.313 e. The monoisotopic (exact) mass is 586 g/mol. The molecule has 0 spiro atoms. The van der Waals surface area contributed by atoms with E-state index in [1.165, 1.54) is 17.4 Å². The molecule has 4 aromatic rings. The third-order valence-corrected chi connectivity index (χ3v) is 10.2. The minimum absolute atomic E-state index is 0.0415. The molecular weight excluding hydrogens is 548 g/mol. The van der Waals surface area contributed by atoms with E-state index in [9.17, 15) is 13.2 Å². The molecule has 7 nitrogen and oxygen atoms in total. The number of carbonyl (C=O) groups excluding carboxylic acids is 1. The van der Waals surface area contributed by atoms with E-state index in [1.807, 2.05) is 36.0 Å². The van der Waals surface area contributed by atoms with Gasteiger partial charge in [0.1, 0.15) is 27.8 Å². The average molecular weight is 587 g/mol. The van der Waals surface area contributed by atoms with Crippen molar-refractivity contribution < 1.29 is 22.7 Å². The topological polar surface area (TPSA) is 87.5 Å². The summed E-state index contributed by atoms with van der Waals surface area (Å²) in [5.41, 5.74) is 7.44. The van der Waals surface area contributed by atoms with Crippen molar-refractivity contribution in [3.63, 3.8) is 0 Å². The maximum atomic E-state index is 12.7. The smallest absolute Gasteiger partial charge is 0.313 e. The Morgan fingerprint density at radius 3 is 2.71 bits per heavy atom. The van der Waals surface area contributed by atoms with E-state index < -0.39 is 9.84 Å². The number of pyridine rings is 1. The number of hydrogen-bond donors (Lipinski definition) is 0. The normalized spacial score (nSPS) is 20.8. The quantitative estimate of drug-likeness (QED) is 0.193. The fourth-order valence-electron chi connectivity index (χ4n) is 7.01. The van der Waals surface area contributed by atoms with Gasteiger partial charge in [-0.25, -0.2) is 13.4 Å². The summed E-state index contributed by atoms with van der Waals surface area (Å²) in [6.45, 7) is 7.55. The molecule has 0 bridgehead atoms. The number of sulfone groups is 1. The van der Waals surface area contributed by atoms with Crippen molar-refractivity contribution in [2.24, 2.45) is 11.3 Å². The molecule has 2 aliphatic rings. The van der Waals surface area contributed by atoms with Crippen LogP contribution >= 0.6 is 0 Å². The minimum atomic E-state index is -2.98. The van der Waals surface area contributed by atoms with Gasteiger partial charge in [-0.05, 0) is 97.2 Å². The Bertz CT molecular complexity index is 1780. The number of hydrogen-bond acceptors (Lipinski definition) is 6. The fraction of sp³-hybridized carbons (Fsp3) is 0.412. The molecule has 0 N–H and O–H groups in total. The van der Waals surface area contributed by atoms with Gasteiger partial charge >= 0.3 is 5.97 Å². The first-order valence-electron chi connectivity index (χ1n) is 14.8. The zero-order chi connectivity index (χ0) is 29.6. The van der Waals surface area contributed by atoms with Crippen molar-refractivity contribution in [2.75, 3.05) is 18.6 Å². The largest absolute Gasteiger partial charge is 0.489 e. The molecule has 6 rings (SSSR count). The van der Waals surface area contributed by atoms with Gasteiger partial charge in [0.05, 0.1) is 17.8 Å². The molecule has 2 aromatic carbocycles. The van der Waals surface area contributed by atoms with Crippen LogP contribution in [0.15, 0.2) is 60.9 Å².